The first kappa shape index (κ1) is 23.9. The standard InChI is InChI=1S/C29H29N3O3S/c1-3-20-9-11-25-23(13-20)15-24(28(33)31-25)17-32(16-21-10-12-26-27(14-21)35-18-34-26)29(36)30-19(2)22-7-5-4-6-8-22/h4-15,19H,3,16-18H2,1-2H3,(H,30,36)(H,31,33). The number of thiocarbonyl (C=S) groups is 1. The SMILES string of the molecule is CCc1ccc2[nH]c(=O)c(CN(Cc3ccc4c(c3)OCO4)C(=S)NC(C)c3ccccc3)cc2c1. The third-order valence-corrected chi connectivity index (χ3v) is 6.87. The summed E-state index contributed by atoms with van der Waals surface area (Å²) in [4.78, 5) is 18.1. The number of H-pyrrole nitrogens is 1. The molecule has 6 nitrogen and oxygen atoms in total. The molecule has 4 aromatic rings. The van der Waals surface area contributed by atoms with Crippen molar-refractivity contribution in [1.82, 2.24) is 15.2 Å². The van der Waals surface area contributed by atoms with Crippen molar-refractivity contribution in [2.45, 2.75) is 39.4 Å². The van der Waals surface area contributed by atoms with Crippen molar-refractivity contribution in [2.75, 3.05) is 6.79 Å². The highest BCUT2D eigenvalue weighted by atomic mass is 32.1. The summed E-state index contributed by atoms with van der Waals surface area (Å²) in [5.74, 6) is 1.46. The van der Waals surface area contributed by atoms with Crippen LogP contribution in [0.4, 0.5) is 0 Å². The van der Waals surface area contributed by atoms with Crippen LogP contribution in [0, 0.1) is 0 Å². The number of ether oxygens (including phenoxy) is 2. The van der Waals surface area contributed by atoms with Crippen LogP contribution in [0.3, 0.4) is 0 Å². The van der Waals surface area contributed by atoms with Crippen LogP contribution in [0.25, 0.3) is 10.9 Å². The molecule has 36 heavy (non-hydrogen) atoms. The van der Waals surface area contributed by atoms with Crippen molar-refractivity contribution in [2.24, 2.45) is 0 Å². The van der Waals surface area contributed by atoms with Crippen LogP contribution in [0.15, 0.2) is 77.6 Å². The number of benzene rings is 3. The maximum atomic E-state index is 13.0. The zero-order valence-corrected chi connectivity index (χ0v) is 21.2. The van der Waals surface area contributed by atoms with E-state index in [1.807, 2.05) is 59.5 Å². The molecule has 1 unspecified atom stereocenters. The van der Waals surface area contributed by atoms with Crippen LogP contribution in [-0.2, 0) is 19.5 Å². The predicted molar refractivity (Wildman–Crippen MR) is 146 cm³/mol. The highest BCUT2D eigenvalue weighted by Crippen LogP contribution is 2.33. The smallest absolute Gasteiger partial charge is 0.253 e. The molecule has 1 aliphatic heterocycles. The summed E-state index contributed by atoms with van der Waals surface area (Å²) in [7, 11) is 0. The Morgan fingerprint density at radius 3 is 2.58 bits per heavy atom. The molecule has 0 spiro atoms. The minimum Gasteiger partial charge on any atom is -0.454 e. The molecule has 0 saturated heterocycles. The number of hydrogen-bond donors (Lipinski definition) is 2. The summed E-state index contributed by atoms with van der Waals surface area (Å²) < 4.78 is 11.0. The van der Waals surface area contributed by atoms with Crippen LogP contribution < -0.4 is 20.3 Å². The average Bonchev–Trinajstić information content (AvgIpc) is 3.37. The summed E-state index contributed by atoms with van der Waals surface area (Å²) in [6.07, 6.45) is 0.937. The monoisotopic (exact) mass is 499 g/mol. The lowest BCUT2D eigenvalue weighted by Gasteiger charge is -2.28. The van der Waals surface area contributed by atoms with Gasteiger partial charge < -0.3 is 24.7 Å². The molecule has 5 rings (SSSR count). The number of aromatic nitrogens is 1. The fourth-order valence-electron chi connectivity index (χ4n) is 4.41. The van der Waals surface area contributed by atoms with E-state index in [0.717, 1.165) is 39.9 Å². The largest absolute Gasteiger partial charge is 0.454 e. The van der Waals surface area contributed by atoms with Gasteiger partial charge in [-0.15, -0.1) is 0 Å². The molecule has 0 radical (unpaired) electrons. The summed E-state index contributed by atoms with van der Waals surface area (Å²) in [5, 5.41) is 5.05. The van der Waals surface area contributed by atoms with Gasteiger partial charge in [0, 0.05) is 17.6 Å². The van der Waals surface area contributed by atoms with Gasteiger partial charge in [-0.1, -0.05) is 49.4 Å². The second-order valence-corrected chi connectivity index (χ2v) is 9.41. The Morgan fingerprint density at radius 1 is 1.00 bits per heavy atom. The van der Waals surface area contributed by atoms with E-state index >= 15 is 0 Å². The van der Waals surface area contributed by atoms with Gasteiger partial charge in [0.15, 0.2) is 16.6 Å². The van der Waals surface area contributed by atoms with Crippen LogP contribution in [-0.4, -0.2) is 21.8 Å². The topological polar surface area (TPSA) is 66.6 Å². The second-order valence-electron chi connectivity index (χ2n) is 9.02. The third-order valence-electron chi connectivity index (χ3n) is 6.49. The van der Waals surface area contributed by atoms with Crippen LogP contribution >= 0.6 is 12.2 Å². The van der Waals surface area contributed by atoms with Crippen molar-refractivity contribution in [3.8, 4) is 11.5 Å². The molecule has 0 bridgehead atoms. The number of hydrogen-bond acceptors (Lipinski definition) is 4. The number of nitrogens with zero attached hydrogens (tertiary/aromatic N) is 1. The molecule has 0 aliphatic carbocycles. The van der Waals surface area contributed by atoms with Gasteiger partial charge >= 0.3 is 0 Å². The maximum Gasteiger partial charge on any atom is 0.253 e. The van der Waals surface area contributed by atoms with Crippen LogP contribution in [0.1, 0.15) is 42.1 Å². The van der Waals surface area contributed by atoms with Gasteiger partial charge in [0.1, 0.15) is 0 Å². The second kappa shape index (κ2) is 10.4. The molecule has 0 fully saturated rings. The lowest BCUT2D eigenvalue weighted by atomic mass is 10.1. The summed E-state index contributed by atoms with van der Waals surface area (Å²) >= 11 is 5.87. The number of pyridine rings is 1. The van der Waals surface area contributed by atoms with E-state index in [1.54, 1.807) is 0 Å². The zero-order valence-electron chi connectivity index (χ0n) is 20.4. The number of fused-ring (bicyclic) bond motifs is 2. The van der Waals surface area contributed by atoms with Crippen molar-refractivity contribution < 1.29 is 9.47 Å². The molecule has 2 N–H and O–H groups in total. The van der Waals surface area contributed by atoms with Crippen LogP contribution in [0.2, 0.25) is 0 Å². The van der Waals surface area contributed by atoms with E-state index < -0.39 is 0 Å². The first-order valence-electron chi connectivity index (χ1n) is 12.1. The van der Waals surface area contributed by atoms with E-state index in [9.17, 15) is 4.79 Å². The quantitative estimate of drug-likeness (QED) is 0.329. The van der Waals surface area contributed by atoms with Crippen molar-refractivity contribution >= 4 is 28.2 Å². The number of rotatable bonds is 7. The number of aryl methyl sites for hydroxylation is 1. The highest BCUT2D eigenvalue weighted by molar-refractivity contribution is 7.80. The highest BCUT2D eigenvalue weighted by Gasteiger charge is 2.19. The molecule has 7 heteroatoms. The fourth-order valence-corrected chi connectivity index (χ4v) is 4.71. The van der Waals surface area contributed by atoms with E-state index in [2.05, 4.69) is 42.3 Å². The first-order chi connectivity index (χ1) is 17.5. The fraction of sp³-hybridized carbons (Fsp3) is 0.241. The Morgan fingerprint density at radius 2 is 1.78 bits per heavy atom. The van der Waals surface area contributed by atoms with Crippen molar-refractivity contribution in [3.05, 3.63) is 105 Å². The minimum absolute atomic E-state index is 0.0138. The van der Waals surface area contributed by atoms with Gasteiger partial charge in [-0.3, -0.25) is 4.79 Å². The van der Waals surface area contributed by atoms with E-state index in [-0.39, 0.29) is 18.4 Å². The Kier molecular flexibility index (Phi) is 6.91. The predicted octanol–water partition coefficient (Wildman–Crippen LogP) is 5.46. The van der Waals surface area contributed by atoms with Gasteiger partial charge in [0.2, 0.25) is 6.79 Å². The maximum absolute atomic E-state index is 13.0. The summed E-state index contributed by atoms with van der Waals surface area (Å²) in [6, 6.07) is 24.2. The number of aromatic amines is 1. The number of nitrogens with one attached hydrogen (secondary N) is 2. The van der Waals surface area contributed by atoms with Gasteiger partial charge in [-0.25, -0.2) is 0 Å². The van der Waals surface area contributed by atoms with E-state index in [4.69, 9.17) is 21.7 Å². The normalized spacial score (nSPS) is 12.9. The van der Waals surface area contributed by atoms with Crippen molar-refractivity contribution in [1.29, 1.82) is 0 Å². The van der Waals surface area contributed by atoms with Crippen molar-refractivity contribution in [3.63, 3.8) is 0 Å². The minimum atomic E-state index is -0.110. The zero-order chi connectivity index (χ0) is 25.1. The van der Waals surface area contributed by atoms with E-state index in [0.29, 0.717) is 23.8 Å². The summed E-state index contributed by atoms with van der Waals surface area (Å²) in [6.45, 7) is 5.30. The van der Waals surface area contributed by atoms with Gasteiger partial charge in [-0.2, -0.15) is 0 Å². The molecular formula is C29H29N3O3S. The molecule has 184 valence electrons. The Hall–Kier alpha value is -3.84. The molecule has 1 aromatic heterocycles. The Balaban J connectivity index is 1.44. The Labute approximate surface area is 215 Å². The first-order valence-corrected chi connectivity index (χ1v) is 12.5. The molecule has 1 atom stereocenters. The molecule has 0 amide bonds. The molecular weight excluding hydrogens is 470 g/mol. The molecule has 3 aromatic carbocycles. The van der Waals surface area contributed by atoms with Gasteiger partial charge in [0.25, 0.3) is 5.56 Å². The summed E-state index contributed by atoms with van der Waals surface area (Å²) in [5.41, 5.74) is 4.77. The van der Waals surface area contributed by atoms with E-state index in [1.165, 1.54) is 5.56 Å². The van der Waals surface area contributed by atoms with Gasteiger partial charge in [0.05, 0.1) is 12.6 Å². The lowest BCUT2D eigenvalue weighted by molar-refractivity contribution is 0.174. The molecule has 1 aliphatic rings. The molecule has 2 heterocycles. The van der Waals surface area contributed by atoms with Crippen LogP contribution in [0.5, 0.6) is 11.5 Å². The van der Waals surface area contributed by atoms with Gasteiger partial charge in [-0.05, 0) is 78.0 Å². The average molecular weight is 500 g/mol. The lowest BCUT2D eigenvalue weighted by Crippen LogP contribution is -2.41. The molecule has 0 saturated carbocycles. The Bertz CT molecular complexity index is 1450. The third kappa shape index (κ3) is 5.21.